The first-order valence-electron chi connectivity index (χ1n) is 7.68. The van der Waals surface area contributed by atoms with Crippen LogP contribution in [0.5, 0.6) is 0 Å². The highest BCUT2D eigenvalue weighted by Crippen LogP contribution is 2.28. The second-order valence-electron chi connectivity index (χ2n) is 5.68. The van der Waals surface area contributed by atoms with Gasteiger partial charge in [0.05, 0.1) is 17.3 Å². The summed E-state index contributed by atoms with van der Waals surface area (Å²) in [6.45, 7) is 1.89. The summed E-state index contributed by atoms with van der Waals surface area (Å²) in [5.41, 5.74) is 1.13. The Labute approximate surface area is 133 Å². The third kappa shape index (κ3) is 2.48. The van der Waals surface area contributed by atoms with Crippen LogP contribution in [-0.4, -0.2) is 32.8 Å². The zero-order valence-corrected chi connectivity index (χ0v) is 12.8. The van der Waals surface area contributed by atoms with Gasteiger partial charge in [-0.3, -0.25) is 4.68 Å². The standard InChI is InChI=1S/C16H17FN6/c1-22-15-11(10-18-22)14(19-13-7-3-2-6-12(13)17)20-16(21-15)23-8-4-5-9-23/h2-3,6-7,10H,4-5,8-9H2,1H3,(H,19,20,21). The summed E-state index contributed by atoms with van der Waals surface area (Å²) in [7, 11) is 1.84. The maximum atomic E-state index is 13.9. The third-order valence-electron chi connectivity index (χ3n) is 4.10. The van der Waals surface area contributed by atoms with E-state index < -0.39 is 0 Å². The molecule has 0 spiro atoms. The molecule has 0 saturated carbocycles. The smallest absolute Gasteiger partial charge is 0.229 e. The molecule has 2 aromatic heterocycles. The molecule has 7 heteroatoms. The number of aromatic nitrogens is 4. The number of hydrogen-bond donors (Lipinski definition) is 1. The number of hydrogen-bond acceptors (Lipinski definition) is 5. The van der Waals surface area contributed by atoms with Crippen molar-refractivity contribution in [3.63, 3.8) is 0 Å². The van der Waals surface area contributed by atoms with Crippen LogP contribution in [0.4, 0.5) is 21.8 Å². The van der Waals surface area contributed by atoms with E-state index in [2.05, 4.69) is 25.3 Å². The molecule has 6 nitrogen and oxygen atoms in total. The Morgan fingerprint density at radius 2 is 1.91 bits per heavy atom. The van der Waals surface area contributed by atoms with Gasteiger partial charge < -0.3 is 10.2 Å². The van der Waals surface area contributed by atoms with Crippen molar-refractivity contribution in [1.29, 1.82) is 0 Å². The molecule has 0 radical (unpaired) electrons. The fourth-order valence-electron chi connectivity index (χ4n) is 2.85. The van der Waals surface area contributed by atoms with E-state index in [1.165, 1.54) is 6.07 Å². The minimum atomic E-state index is -0.314. The highest BCUT2D eigenvalue weighted by atomic mass is 19.1. The molecule has 4 rings (SSSR count). The lowest BCUT2D eigenvalue weighted by molar-refractivity contribution is 0.632. The number of nitrogens with zero attached hydrogens (tertiary/aromatic N) is 5. The SMILES string of the molecule is Cn1ncc2c(Nc3ccccc3F)nc(N3CCCC3)nc21. The van der Waals surface area contributed by atoms with Crippen LogP contribution in [0.15, 0.2) is 30.5 Å². The van der Waals surface area contributed by atoms with Crippen LogP contribution in [-0.2, 0) is 7.05 Å². The van der Waals surface area contributed by atoms with Gasteiger partial charge in [0.2, 0.25) is 5.95 Å². The van der Waals surface area contributed by atoms with Crippen LogP contribution in [0.25, 0.3) is 11.0 Å². The molecule has 0 bridgehead atoms. The molecule has 0 aliphatic carbocycles. The quantitative estimate of drug-likeness (QED) is 0.806. The summed E-state index contributed by atoms with van der Waals surface area (Å²) in [5.74, 6) is 0.929. The van der Waals surface area contributed by atoms with E-state index >= 15 is 0 Å². The predicted octanol–water partition coefficient (Wildman–Crippen LogP) is 2.85. The molecule has 0 atom stereocenters. The predicted molar refractivity (Wildman–Crippen MR) is 87.4 cm³/mol. The van der Waals surface area contributed by atoms with Gasteiger partial charge in [-0.05, 0) is 25.0 Å². The number of fused-ring (bicyclic) bond motifs is 1. The van der Waals surface area contributed by atoms with Gasteiger partial charge in [0.1, 0.15) is 11.6 Å². The van der Waals surface area contributed by atoms with E-state index in [0.717, 1.165) is 37.0 Å². The summed E-state index contributed by atoms with van der Waals surface area (Å²) in [4.78, 5) is 11.4. The Hall–Kier alpha value is -2.70. The highest BCUT2D eigenvalue weighted by molar-refractivity contribution is 5.89. The Bertz CT molecular complexity index is 853. The Balaban J connectivity index is 1.82. The van der Waals surface area contributed by atoms with Crippen molar-refractivity contribution >= 4 is 28.5 Å². The second-order valence-corrected chi connectivity index (χ2v) is 5.68. The molecule has 23 heavy (non-hydrogen) atoms. The maximum Gasteiger partial charge on any atom is 0.229 e. The van der Waals surface area contributed by atoms with Gasteiger partial charge in [0.15, 0.2) is 5.65 Å². The van der Waals surface area contributed by atoms with Crippen molar-refractivity contribution in [2.24, 2.45) is 7.05 Å². The topological polar surface area (TPSA) is 58.9 Å². The first kappa shape index (κ1) is 13.9. The van der Waals surface area contributed by atoms with Crippen molar-refractivity contribution in [2.75, 3.05) is 23.3 Å². The average Bonchev–Trinajstić information content (AvgIpc) is 3.20. The minimum absolute atomic E-state index is 0.314. The molecule has 118 valence electrons. The van der Waals surface area contributed by atoms with Gasteiger partial charge in [0.25, 0.3) is 0 Å². The molecule has 1 aromatic carbocycles. The Morgan fingerprint density at radius 3 is 2.70 bits per heavy atom. The lowest BCUT2D eigenvalue weighted by Gasteiger charge is -2.17. The van der Waals surface area contributed by atoms with Crippen LogP contribution in [0.1, 0.15) is 12.8 Å². The van der Waals surface area contributed by atoms with Crippen molar-refractivity contribution in [1.82, 2.24) is 19.7 Å². The van der Waals surface area contributed by atoms with Gasteiger partial charge in [-0.2, -0.15) is 15.1 Å². The zero-order chi connectivity index (χ0) is 15.8. The van der Waals surface area contributed by atoms with Crippen LogP contribution in [0, 0.1) is 5.82 Å². The summed E-state index contributed by atoms with van der Waals surface area (Å²) in [5, 5.41) is 8.11. The number of halogens is 1. The molecule has 1 N–H and O–H groups in total. The van der Waals surface area contributed by atoms with Gasteiger partial charge in [-0.1, -0.05) is 12.1 Å². The van der Waals surface area contributed by atoms with E-state index in [0.29, 0.717) is 17.5 Å². The monoisotopic (exact) mass is 312 g/mol. The average molecular weight is 312 g/mol. The summed E-state index contributed by atoms with van der Waals surface area (Å²) in [6, 6.07) is 6.56. The van der Waals surface area contributed by atoms with Crippen molar-refractivity contribution < 1.29 is 4.39 Å². The van der Waals surface area contributed by atoms with Crippen molar-refractivity contribution in [3.8, 4) is 0 Å². The van der Waals surface area contributed by atoms with Gasteiger partial charge in [-0.25, -0.2) is 4.39 Å². The van der Waals surface area contributed by atoms with E-state index in [1.54, 1.807) is 29.1 Å². The van der Waals surface area contributed by atoms with Crippen LogP contribution < -0.4 is 10.2 Å². The Kier molecular flexibility index (Phi) is 3.33. The van der Waals surface area contributed by atoms with Crippen molar-refractivity contribution in [2.45, 2.75) is 12.8 Å². The molecule has 1 aliphatic heterocycles. The van der Waals surface area contributed by atoms with Crippen molar-refractivity contribution in [3.05, 3.63) is 36.3 Å². The summed E-state index contributed by atoms with van der Waals surface area (Å²) >= 11 is 0. The molecular weight excluding hydrogens is 295 g/mol. The molecule has 1 aliphatic rings. The largest absolute Gasteiger partial charge is 0.341 e. The zero-order valence-electron chi connectivity index (χ0n) is 12.8. The third-order valence-corrected chi connectivity index (χ3v) is 4.10. The number of aryl methyl sites for hydroxylation is 1. The van der Waals surface area contributed by atoms with Crippen LogP contribution in [0.2, 0.25) is 0 Å². The first-order chi connectivity index (χ1) is 11.2. The molecule has 0 amide bonds. The summed E-state index contributed by atoms with van der Waals surface area (Å²) in [6.07, 6.45) is 3.98. The van der Waals surface area contributed by atoms with E-state index in [-0.39, 0.29) is 5.82 Å². The summed E-state index contributed by atoms with van der Waals surface area (Å²) < 4.78 is 15.7. The van der Waals surface area contributed by atoms with E-state index in [4.69, 9.17) is 0 Å². The molecule has 1 saturated heterocycles. The van der Waals surface area contributed by atoms with Crippen LogP contribution >= 0.6 is 0 Å². The number of rotatable bonds is 3. The maximum absolute atomic E-state index is 13.9. The van der Waals surface area contributed by atoms with E-state index in [1.807, 2.05) is 7.05 Å². The normalized spacial score (nSPS) is 14.6. The molecule has 0 unspecified atom stereocenters. The lowest BCUT2D eigenvalue weighted by Crippen LogP contribution is -2.21. The molecular formula is C16H17FN6. The Morgan fingerprint density at radius 1 is 1.13 bits per heavy atom. The van der Waals surface area contributed by atoms with Crippen LogP contribution in [0.3, 0.4) is 0 Å². The minimum Gasteiger partial charge on any atom is -0.341 e. The van der Waals surface area contributed by atoms with Gasteiger partial charge >= 0.3 is 0 Å². The second kappa shape index (κ2) is 5.49. The fraction of sp³-hybridized carbons (Fsp3) is 0.312. The van der Waals surface area contributed by atoms with Gasteiger partial charge in [0, 0.05) is 20.1 Å². The number of anilines is 3. The number of para-hydroxylation sites is 1. The number of nitrogens with one attached hydrogen (secondary N) is 1. The number of benzene rings is 1. The van der Waals surface area contributed by atoms with E-state index in [9.17, 15) is 4.39 Å². The first-order valence-corrected chi connectivity index (χ1v) is 7.68. The molecule has 3 heterocycles. The molecule has 1 fully saturated rings. The van der Waals surface area contributed by atoms with Gasteiger partial charge in [-0.15, -0.1) is 0 Å². The highest BCUT2D eigenvalue weighted by Gasteiger charge is 2.19. The molecule has 3 aromatic rings. The fourth-order valence-corrected chi connectivity index (χ4v) is 2.85. The lowest BCUT2D eigenvalue weighted by atomic mass is 10.3.